The molecule has 0 N–H and O–H groups in total. The van der Waals surface area contributed by atoms with Crippen LogP contribution in [0.5, 0.6) is 0 Å². The molecule has 1 aromatic heterocycles. The Morgan fingerprint density at radius 1 is 1.29 bits per heavy atom. The number of rotatable bonds is 4. The first-order valence-electron chi connectivity index (χ1n) is 7.19. The summed E-state index contributed by atoms with van der Waals surface area (Å²) >= 11 is 5.74. The average Bonchev–Trinajstić information content (AvgIpc) is 3.09. The Labute approximate surface area is 143 Å². The molecule has 0 saturated carbocycles. The van der Waals surface area contributed by atoms with E-state index in [1.165, 1.54) is 16.4 Å². The van der Waals surface area contributed by atoms with E-state index in [1.54, 1.807) is 17.1 Å². The summed E-state index contributed by atoms with van der Waals surface area (Å²) in [5, 5.41) is 18.9. The van der Waals surface area contributed by atoms with E-state index < -0.39 is 20.6 Å². The molecule has 3 rings (SSSR count). The van der Waals surface area contributed by atoms with Crippen LogP contribution in [-0.2, 0) is 10.0 Å². The predicted octanol–water partition coefficient (Wildman–Crippen LogP) is 1.87. The SMILES string of the molecule is O=[N+]([O-])c1cc(Cl)ccc1S(=O)(=O)N1CCC(n2ccnn2)CC1. The molecule has 2 aromatic rings. The summed E-state index contributed by atoms with van der Waals surface area (Å²) in [4.78, 5) is 10.1. The minimum Gasteiger partial charge on any atom is -0.258 e. The molecule has 24 heavy (non-hydrogen) atoms. The summed E-state index contributed by atoms with van der Waals surface area (Å²) in [7, 11) is -3.96. The Morgan fingerprint density at radius 3 is 2.58 bits per heavy atom. The number of nitro groups is 1. The number of aromatic nitrogens is 3. The maximum atomic E-state index is 12.8. The van der Waals surface area contributed by atoms with E-state index in [2.05, 4.69) is 10.3 Å². The first-order chi connectivity index (χ1) is 11.4. The van der Waals surface area contributed by atoms with Crippen LogP contribution in [0.3, 0.4) is 0 Å². The number of hydrogen-bond donors (Lipinski definition) is 0. The second-order valence-electron chi connectivity index (χ2n) is 5.39. The van der Waals surface area contributed by atoms with Crippen LogP contribution >= 0.6 is 11.6 Å². The van der Waals surface area contributed by atoms with Gasteiger partial charge in [-0.2, -0.15) is 4.31 Å². The lowest BCUT2D eigenvalue weighted by Gasteiger charge is -2.30. The Bertz CT molecular complexity index is 847. The first-order valence-corrected chi connectivity index (χ1v) is 9.01. The van der Waals surface area contributed by atoms with E-state index in [1.807, 2.05) is 0 Å². The van der Waals surface area contributed by atoms with Crippen molar-refractivity contribution in [2.24, 2.45) is 0 Å². The molecule has 1 saturated heterocycles. The van der Waals surface area contributed by atoms with Gasteiger partial charge in [0.2, 0.25) is 10.0 Å². The summed E-state index contributed by atoms with van der Waals surface area (Å²) in [5.74, 6) is 0. The van der Waals surface area contributed by atoms with Gasteiger partial charge >= 0.3 is 0 Å². The second kappa shape index (κ2) is 6.46. The van der Waals surface area contributed by atoms with Crippen molar-refractivity contribution in [2.75, 3.05) is 13.1 Å². The molecule has 0 atom stereocenters. The van der Waals surface area contributed by atoms with Crippen molar-refractivity contribution in [1.82, 2.24) is 19.3 Å². The highest BCUT2D eigenvalue weighted by molar-refractivity contribution is 7.89. The highest BCUT2D eigenvalue weighted by Gasteiger charge is 2.34. The number of piperidine rings is 1. The molecule has 0 aliphatic carbocycles. The van der Waals surface area contributed by atoms with Gasteiger partial charge in [-0.15, -0.1) is 5.10 Å². The molecule has 128 valence electrons. The fraction of sp³-hybridized carbons (Fsp3) is 0.385. The Morgan fingerprint density at radius 2 is 2.00 bits per heavy atom. The third kappa shape index (κ3) is 3.12. The van der Waals surface area contributed by atoms with E-state index in [0.717, 1.165) is 6.07 Å². The highest BCUT2D eigenvalue weighted by Crippen LogP contribution is 2.32. The summed E-state index contributed by atoms with van der Waals surface area (Å²) in [5.41, 5.74) is -0.513. The molecule has 9 nitrogen and oxygen atoms in total. The smallest absolute Gasteiger partial charge is 0.258 e. The molecule has 11 heteroatoms. The maximum absolute atomic E-state index is 12.8. The van der Waals surface area contributed by atoms with Gasteiger partial charge in [0.1, 0.15) is 0 Å². The van der Waals surface area contributed by atoms with Gasteiger partial charge in [0.05, 0.1) is 17.2 Å². The zero-order chi connectivity index (χ0) is 17.3. The largest absolute Gasteiger partial charge is 0.290 e. The highest BCUT2D eigenvalue weighted by atomic mass is 35.5. The summed E-state index contributed by atoms with van der Waals surface area (Å²) in [6, 6.07) is 3.64. The summed E-state index contributed by atoms with van der Waals surface area (Å²) in [6.07, 6.45) is 4.42. The van der Waals surface area contributed by atoms with Crippen LogP contribution in [0.2, 0.25) is 5.02 Å². The van der Waals surface area contributed by atoms with Gasteiger partial charge in [-0.1, -0.05) is 16.8 Å². The lowest BCUT2D eigenvalue weighted by atomic mass is 10.1. The van der Waals surface area contributed by atoms with E-state index in [0.29, 0.717) is 12.8 Å². The molecule has 2 heterocycles. The number of benzene rings is 1. The van der Waals surface area contributed by atoms with Gasteiger partial charge in [0.15, 0.2) is 4.90 Å². The van der Waals surface area contributed by atoms with Gasteiger partial charge in [0.25, 0.3) is 5.69 Å². The van der Waals surface area contributed by atoms with Crippen LogP contribution in [0.15, 0.2) is 35.5 Å². The topological polar surface area (TPSA) is 111 Å². The normalized spacial score (nSPS) is 17.0. The van der Waals surface area contributed by atoms with Gasteiger partial charge in [-0.05, 0) is 25.0 Å². The van der Waals surface area contributed by atoms with Crippen LogP contribution in [0, 0.1) is 10.1 Å². The molecule has 0 unspecified atom stereocenters. The average molecular weight is 372 g/mol. The molecule has 0 amide bonds. The third-order valence-electron chi connectivity index (χ3n) is 3.97. The van der Waals surface area contributed by atoms with Gasteiger partial charge in [-0.25, -0.2) is 13.1 Å². The fourth-order valence-corrected chi connectivity index (χ4v) is 4.52. The standard InChI is InChI=1S/C13H14ClN5O4S/c14-10-1-2-13(12(9-10)19(20)21)24(22,23)17-6-3-11(4-7-17)18-8-5-15-16-18/h1-2,5,8-9,11H,3-4,6-7H2. The van der Waals surface area contributed by atoms with Crippen LogP contribution in [0.1, 0.15) is 18.9 Å². The van der Waals surface area contributed by atoms with Crippen molar-refractivity contribution in [1.29, 1.82) is 0 Å². The quantitative estimate of drug-likeness (QED) is 0.599. The van der Waals surface area contributed by atoms with Gasteiger partial charge in [0, 0.05) is 30.4 Å². The van der Waals surface area contributed by atoms with E-state index >= 15 is 0 Å². The van der Waals surface area contributed by atoms with Crippen LogP contribution in [-0.4, -0.2) is 45.7 Å². The van der Waals surface area contributed by atoms with Crippen molar-refractivity contribution in [2.45, 2.75) is 23.8 Å². The van der Waals surface area contributed by atoms with E-state index in [-0.39, 0.29) is 29.0 Å². The van der Waals surface area contributed by atoms with Crippen molar-refractivity contribution in [3.05, 3.63) is 45.7 Å². The molecule has 1 aliphatic rings. The third-order valence-corrected chi connectivity index (χ3v) is 6.16. The molecule has 0 spiro atoms. The van der Waals surface area contributed by atoms with Crippen LogP contribution in [0.25, 0.3) is 0 Å². The van der Waals surface area contributed by atoms with E-state index in [4.69, 9.17) is 11.6 Å². The van der Waals surface area contributed by atoms with Crippen molar-refractivity contribution in [3.63, 3.8) is 0 Å². The van der Waals surface area contributed by atoms with Crippen LogP contribution < -0.4 is 0 Å². The van der Waals surface area contributed by atoms with Gasteiger partial charge in [-0.3, -0.25) is 10.1 Å². The molecular formula is C13H14ClN5O4S. The lowest BCUT2D eigenvalue weighted by Crippen LogP contribution is -2.39. The second-order valence-corrected chi connectivity index (χ2v) is 7.73. The molecule has 0 bridgehead atoms. The number of nitro benzene ring substituents is 1. The molecule has 0 radical (unpaired) electrons. The summed E-state index contributed by atoms with van der Waals surface area (Å²) < 4.78 is 28.5. The molecule has 1 aliphatic heterocycles. The Kier molecular flexibility index (Phi) is 4.52. The zero-order valence-corrected chi connectivity index (χ0v) is 14.0. The van der Waals surface area contributed by atoms with Crippen molar-refractivity contribution < 1.29 is 13.3 Å². The number of sulfonamides is 1. The number of nitrogens with zero attached hydrogens (tertiary/aromatic N) is 5. The monoisotopic (exact) mass is 371 g/mol. The number of halogens is 1. The lowest BCUT2D eigenvalue weighted by molar-refractivity contribution is -0.387. The van der Waals surface area contributed by atoms with Crippen molar-refractivity contribution >= 4 is 27.3 Å². The van der Waals surface area contributed by atoms with Crippen molar-refractivity contribution in [3.8, 4) is 0 Å². The molecule has 1 aromatic carbocycles. The Balaban J connectivity index is 1.84. The predicted molar refractivity (Wildman–Crippen MR) is 85.2 cm³/mol. The molecule has 1 fully saturated rings. The maximum Gasteiger partial charge on any atom is 0.290 e. The van der Waals surface area contributed by atoms with Crippen LogP contribution in [0.4, 0.5) is 5.69 Å². The minimum absolute atomic E-state index is 0.0687. The Hall–Kier alpha value is -2.04. The first kappa shape index (κ1) is 16.8. The fourth-order valence-electron chi connectivity index (χ4n) is 2.75. The number of hydrogen-bond acceptors (Lipinski definition) is 6. The summed E-state index contributed by atoms with van der Waals surface area (Å²) in [6.45, 7) is 0.513. The minimum atomic E-state index is -3.96. The zero-order valence-electron chi connectivity index (χ0n) is 12.4. The molecular weight excluding hydrogens is 358 g/mol. The van der Waals surface area contributed by atoms with E-state index in [9.17, 15) is 18.5 Å². The van der Waals surface area contributed by atoms with Gasteiger partial charge < -0.3 is 0 Å².